The van der Waals surface area contributed by atoms with E-state index in [4.69, 9.17) is 14.7 Å². The number of carbonyl (C=O) groups excluding carboxylic acids is 1. The second-order valence-corrected chi connectivity index (χ2v) is 4.23. The highest BCUT2D eigenvalue weighted by Gasteiger charge is 2.54. The zero-order valence-corrected chi connectivity index (χ0v) is 9.76. The lowest BCUT2D eigenvalue weighted by Gasteiger charge is -2.32. The Morgan fingerprint density at radius 1 is 1.33 bits per heavy atom. The predicted octanol–water partition coefficient (Wildman–Crippen LogP) is 1.15. The lowest BCUT2D eigenvalue weighted by Crippen LogP contribution is -2.47. The Hall–Kier alpha value is -1.90. The second-order valence-electron chi connectivity index (χ2n) is 4.23. The van der Waals surface area contributed by atoms with E-state index in [1.54, 1.807) is 6.07 Å². The molecule has 5 nitrogen and oxygen atoms in total. The topological polar surface area (TPSA) is 62.6 Å². The molecule has 1 spiro atoms. The van der Waals surface area contributed by atoms with Crippen molar-refractivity contribution < 1.29 is 14.3 Å². The molecule has 2 aliphatic rings. The first-order chi connectivity index (χ1) is 8.79. The van der Waals surface area contributed by atoms with E-state index < -0.39 is 5.79 Å². The molecule has 1 aromatic rings. The Morgan fingerprint density at radius 2 is 2.06 bits per heavy atom. The van der Waals surface area contributed by atoms with E-state index in [0.29, 0.717) is 24.5 Å². The van der Waals surface area contributed by atoms with Crippen molar-refractivity contribution >= 4 is 11.6 Å². The normalized spacial score (nSPS) is 20.8. The smallest absolute Gasteiger partial charge is 0.293 e. The van der Waals surface area contributed by atoms with Crippen LogP contribution in [0.3, 0.4) is 0 Å². The number of amides is 1. The minimum Gasteiger partial charge on any atom is -0.338 e. The summed E-state index contributed by atoms with van der Waals surface area (Å²) in [6.07, 6.45) is 0.773. The van der Waals surface area contributed by atoms with Crippen molar-refractivity contribution in [1.29, 1.82) is 5.26 Å². The number of nitriles is 1. The fourth-order valence-corrected chi connectivity index (χ4v) is 2.43. The highest BCUT2D eigenvalue weighted by molar-refractivity contribution is 6.06. The van der Waals surface area contributed by atoms with Crippen LogP contribution in [-0.4, -0.2) is 25.7 Å². The molecular weight excluding hydrogens is 232 g/mol. The van der Waals surface area contributed by atoms with Crippen LogP contribution in [0.15, 0.2) is 24.3 Å². The summed E-state index contributed by atoms with van der Waals surface area (Å²) < 4.78 is 11.2. The van der Waals surface area contributed by atoms with Crippen LogP contribution < -0.4 is 4.90 Å². The molecule has 1 saturated heterocycles. The van der Waals surface area contributed by atoms with E-state index in [9.17, 15) is 4.79 Å². The molecule has 2 heterocycles. The van der Waals surface area contributed by atoms with Crippen molar-refractivity contribution in [3.8, 4) is 6.07 Å². The van der Waals surface area contributed by atoms with Crippen LogP contribution in [-0.2, 0) is 20.1 Å². The standard InChI is InChI=1S/C13H12N2O3/c14-6-7-15-11-5-2-1-4-10(11)13(12(15)16)17-8-3-9-18-13/h1-2,4-5H,3,7-9H2. The van der Waals surface area contributed by atoms with Crippen molar-refractivity contribution in [2.24, 2.45) is 0 Å². The van der Waals surface area contributed by atoms with E-state index >= 15 is 0 Å². The molecule has 0 atom stereocenters. The van der Waals surface area contributed by atoms with Crippen LogP contribution in [0.1, 0.15) is 12.0 Å². The van der Waals surface area contributed by atoms with Crippen LogP contribution in [0, 0.1) is 11.3 Å². The Labute approximate surface area is 105 Å². The minimum absolute atomic E-state index is 0.00428. The molecular formula is C13H12N2O3. The molecule has 92 valence electrons. The molecule has 1 fully saturated rings. The van der Waals surface area contributed by atoms with Gasteiger partial charge in [-0.05, 0) is 12.5 Å². The number of fused-ring (bicyclic) bond motifs is 2. The summed E-state index contributed by atoms with van der Waals surface area (Å²) in [5, 5.41) is 8.83. The third-order valence-electron chi connectivity index (χ3n) is 3.20. The first-order valence-electron chi connectivity index (χ1n) is 5.86. The molecule has 3 rings (SSSR count). The van der Waals surface area contributed by atoms with Gasteiger partial charge in [0.1, 0.15) is 6.54 Å². The number of ether oxygens (including phenoxy) is 2. The van der Waals surface area contributed by atoms with Crippen molar-refractivity contribution in [3.63, 3.8) is 0 Å². The van der Waals surface area contributed by atoms with Crippen LogP contribution in [0.25, 0.3) is 0 Å². The average Bonchev–Trinajstić information content (AvgIpc) is 2.64. The summed E-state index contributed by atoms with van der Waals surface area (Å²) >= 11 is 0. The maximum atomic E-state index is 12.5. The highest BCUT2D eigenvalue weighted by Crippen LogP contribution is 2.44. The number of para-hydroxylation sites is 1. The second kappa shape index (κ2) is 4.09. The maximum Gasteiger partial charge on any atom is 0.293 e. The van der Waals surface area contributed by atoms with Gasteiger partial charge in [-0.3, -0.25) is 9.69 Å². The summed E-state index contributed by atoms with van der Waals surface area (Å²) in [5.41, 5.74) is 1.40. The molecule has 18 heavy (non-hydrogen) atoms. The zero-order valence-electron chi connectivity index (χ0n) is 9.76. The number of benzene rings is 1. The predicted molar refractivity (Wildman–Crippen MR) is 62.6 cm³/mol. The molecule has 0 aromatic heterocycles. The van der Waals surface area contributed by atoms with Gasteiger partial charge in [-0.15, -0.1) is 0 Å². The van der Waals surface area contributed by atoms with Crippen molar-refractivity contribution in [2.45, 2.75) is 12.2 Å². The molecule has 0 saturated carbocycles. The van der Waals surface area contributed by atoms with Crippen molar-refractivity contribution in [2.75, 3.05) is 24.7 Å². The molecule has 2 aliphatic heterocycles. The van der Waals surface area contributed by atoms with Gasteiger partial charge in [-0.1, -0.05) is 18.2 Å². The molecule has 0 N–H and O–H groups in total. The summed E-state index contributed by atoms with van der Waals surface area (Å²) in [4.78, 5) is 13.9. The molecule has 5 heteroatoms. The Balaban J connectivity index is 2.12. The van der Waals surface area contributed by atoms with Gasteiger partial charge in [0, 0.05) is 5.56 Å². The number of carbonyl (C=O) groups is 1. The quantitative estimate of drug-likeness (QED) is 0.695. The van der Waals surface area contributed by atoms with Gasteiger partial charge >= 0.3 is 0 Å². The highest BCUT2D eigenvalue weighted by atomic mass is 16.7. The Morgan fingerprint density at radius 3 is 2.78 bits per heavy atom. The number of hydrogen-bond acceptors (Lipinski definition) is 4. The number of hydrogen-bond donors (Lipinski definition) is 0. The Bertz CT molecular complexity index is 529. The fraction of sp³-hybridized carbons (Fsp3) is 0.385. The third kappa shape index (κ3) is 1.37. The van der Waals surface area contributed by atoms with Crippen LogP contribution in [0.2, 0.25) is 0 Å². The molecule has 0 unspecified atom stereocenters. The summed E-state index contributed by atoms with van der Waals surface area (Å²) in [5.74, 6) is -1.63. The average molecular weight is 244 g/mol. The van der Waals surface area contributed by atoms with Crippen LogP contribution >= 0.6 is 0 Å². The first kappa shape index (κ1) is 11.2. The van der Waals surface area contributed by atoms with Gasteiger partial charge in [0.25, 0.3) is 11.7 Å². The van der Waals surface area contributed by atoms with Crippen LogP contribution in [0.4, 0.5) is 5.69 Å². The lowest BCUT2D eigenvalue weighted by molar-refractivity contribution is -0.256. The van der Waals surface area contributed by atoms with E-state index in [-0.39, 0.29) is 12.5 Å². The van der Waals surface area contributed by atoms with Gasteiger partial charge in [0.15, 0.2) is 0 Å². The van der Waals surface area contributed by atoms with Gasteiger partial charge in [0.05, 0.1) is 25.0 Å². The largest absolute Gasteiger partial charge is 0.338 e. The van der Waals surface area contributed by atoms with Crippen LogP contribution in [0.5, 0.6) is 0 Å². The Kier molecular flexibility index (Phi) is 2.54. The molecule has 1 amide bonds. The molecule has 0 aliphatic carbocycles. The summed E-state index contributed by atoms with van der Waals surface area (Å²) in [7, 11) is 0. The number of rotatable bonds is 1. The monoisotopic (exact) mass is 244 g/mol. The number of nitrogens with zero attached hydrogens (tertiary/aromatic N) is 2. The number of anilines is 1. The van der Waals surface area contributed by atoms with Gasteiger partial charge in [-0.25, -0.2) is 0 Å². The van der Waals surface area contributed by atoms with Crippen molar-refractivity contribution in [1.82, 2.24) is 0 Å². The SMILES string of the molecule is N#CCN1C(=O)C2(OCCCO2)c2ccccc21. The summed E-state index contributed by atoms with van der Waals surface area (Å²) in [6, 6.07) is 9.29. The first-order valence-corrected chi connectivity index (χ1v) is 5.86. The zero-order chi connectivity index (χ0) is 12.6. The van der Waals surface area contributed by atoms with Crippen molar-refractivity contribution in [3.05, 3.63) is 29.8 Å². The van der Waals surface area contributed by atoms with E-state index in [1.807, 2.05) is 24.3 Å². The van der Waals surface area contributed by atoms with E-state index in [0.717, 1.165) is 6.42 Å². The van der Waals surface area contributed by atoms with Gasteiger partial charge in [-0.2, -0.15) is 5.26 Å². The maximum absolute atomic E-state index is 12.5. The molecule has 0 radical (unpaired) electrons. The van der Waals surface area contributed by atoms with Gasteiger partial charge < -0.3 is 9.47 Å². The van der Waals surface area contributed by atoms with Gasteiger partial charge in [0.2, 0.25) is 0 Å². The molecule has 0 bridgehead atoms. The fourth-order valence-electron chi connectivity index (χ4n) is 2.43. The van der Waals surface area contributed by atoms with E-state index in [1.165, 1.54) is 4.90 Å². The minimum atomic E-state index is -1.33. The van der Waals surface area contributed by atoms with E-state index in [2.05, 4.69) is 0 Å². The third-order valence-corrected chi connectivity index (χ3v) is 3.20. The summed E-state index contributed by atoms with van der Waals surface area (Å²) in [6.45, 7) is 0.977. The molecule has 1 aromatic carbocycles. The lowest BCUT2D eigenvalue weighted by atomic mass is 10.1.